The van der Waals surface area contributed by atoms with E-state index < -0.39 is 22.7 Å². The highest BCUT2D eigenvalue weighted by Gasteiger charge is 2.17. The maximum atomic E-state index is 12.2. The van der Waals surface area contributed by atoms with Crippen molar-refractivity contribution in [3.63, 3.8) is 0 Å². The van der Waals surface area contributed by atoms with Crippen LogP contribution in [0.15, 0.2) is 36.5 Å². The van der Waals surface area contributed by atoms with Gasteiger partial charge in [-0.3, -0.25) is 24.5 Å². The Morgan fingerprint density at radius 1 is 1.19 bits per heavy atom. The fourth-order valence-electron chi connectivity index (χ4n) is 2.16. The highest BCUT2D eigenvalue weighted by atomic mass is 16.6. The van der Waals surface area contributed by atoms with Crippen LogP contribution in [0.1, 0.15) is 27.3 Å². The van der Waals surface area contributed by atoms with E-state index >= 15 is 0 Å². The van der Waals surface area contributed by atoms with Gasteiger partial charge in [-0.15, -0.1) is 0 Å². The van der Waals surface area contributed by atoms with Crippen LogP contribution in [-0.4, -0.2) is 38.9 Å². The number of aromatic nitrogens is 1. The van der Waals surface area contributed by atoms with Crippen LogP contribution < -0.4 is 10.6 Å². The highest BCUT2D eigenvalue weighted by Crippen LogP contribution is 2.17. The molecule has 26 heavy (non-hydrogen) atoms. The molecule has 2 rings (SSSR count). The van der Waals surface area contributed by atoms with Gasteiger partial charge in [0, 0.05) is 30.9 Å². The van der Waals surface area contributed by atoms with Crippen LogP contribution in [0.25, 0.3) is 0 Å². The number of hydrogen-bond donors (Lipinski definition) is 3. The first-order valence-electron chi connectivity index (χ1n) is 7.50. The Kier molecular flexibility index (Phi) is 5.68. The minimum Gasteiger partial charge on any atom is -0.481 e. The van der Waals surface area contributed by atoms with Gasteiger partial charge >= 0.3 is 5.97 Å². The number of nitro groups is 1. The molecule has 0 spiro atoms. The van der Waals surface area contributed by atoms with Crippen molar-refractivity contribution in [2.24, 2.45) is 7.05 Å². The zero-order valence-corrected chi connectivity index (χ0v) is 13.8. The van der Waals surface area contributed by atoms with Gasteiger partial charge in [-0.2, -0.15) is 0 Å². The lowest BCUT2D eigenvalue weighted by atomic mass is 10.2. The summed E-state index contributed by atoms with van der Waals surface area (Å²) in [4.78, 5) is 44.6. The first-order chi connectivity index (χ1) is 12.3. The number of benzene rings is 1. The average molecular weight is 360 g/mol. The lowest BCUT2D eigenvalue weighted by Gasteiger charge is -2.07. The number of nitrogens with one attached hydrogen (secondary N) is 2. The minimum absolute atomic E-state index is 0.0128. The standard InChI is InChI=1S/C16H16N4O6/c1-19-9-12(20(25)26)8-13(19)16(24)18-11-4-2-10(3-5-11)15(23)17-7-6-14(21)22/h2-5,8-9H,6-7H2,1H3,(H,17,23)(H,18,24)(H,21,22). The number of carbonyl (C=O) groups excluding carboxylic acids is 2. The van der Waals surface area contributed by atoms with E-state index in [0.717, 1.165) is 0 Å². The van der Waals surface area contributed by atoms with Crippen LogP contribution in [0.3, 0.4) is 0 Å². The normalized spacial score (nSPS) is 10.2. The first kappa shape index (κ1) is 18.6. The Morgan fingerprint density at radius 2 is 1.85 bits per heavy atom. The van der Waals surface area contributed by atoms with Crippen LogP contribution in [0.2, 0.25) is 0 Å². The SMILES string of the molecule is Cn1cc([N+](=O)[O-])cc1C(=O)Nc1ccc(C(=O)NCCC(=O)O)cc1. The lowest BCUT2D eigenvalue weighted by Crippen LogP contribution is -2.26. The Bertz CT molecular complexity index is 856. The van der Waals surface area contributed by atoms with Crippen LogP contribution in [0.5, 0.6) is 0 Å². The van der Waals surface area contributed by atoms with Crippen molar-refractivity contribution in [1.82, 2.24) is 9.88 Å². The average Bonchev–Trinajstić information content (AvgIpc) is 2.97. The van der Waals surface area contributed by atoms with E-state index in [2.05, 4.69) is 10.6 Å². The third-order valence-electron chi connectivity index (χ3n) is 3.46. The third-order valence-corrected chi connectivity index (χ3v) is 3.46. The Morgan fingerprint density at radius 3 is 2.38 bits per heavy atom. The molecule has 0 saturated carbocycles. The summed E-state index contributed by atoms with van der Waals surface area (Å²) in [7, 11) is 1.52. The Hall–Kier alpha value is -3.69. The number of amides is 2. The zero-order valence-electron chi connectivity index (χ0n) is 13.8. The van der Waals surface area contributed by atoms with Crippen LogP contribution in [0.4, 0.5) is 11.4 Å². The number of nitrogens with zero attached hydrogens (tertiary/aromatic N) is 2. The molecule has 10 heteroatoms. The number of anilines is 1. The number of carboxylic acids is 1. The summed E-state index contributed by atoms with van der Waals surface area (Å²) in [6.07, 6.45) is 1.06. The first-order valence-corrected chi connectivity index (χ1v) is 7.50. The van der Waals surface area contributed by atoms with Gasteiger partial charge in [0.25, 0.3) is 17.5 Å². The topological polar surface area (TPSA) is 144 Å². The summed E-state index contributed by atoms with van der Waals surface area (Å²) in [6.45, 7) is 0.0128. The van der Waals surface area contributed by atoms with E-state index in [1.165, 1.54) is 48.1 Å². The van der Waals surface area contributed by atoms with Crippen molar-refractivity contribution in [2.75, 3.05) is 11.9 Å². The quantitative estimate of drug-likeness (QED) is 0.503. The van der Waals surface area contributed by atoms with Gasteiger partial charge in [0.05, 0.1) is 17.5 Å². The molecule has 0 aliphatic heterocycles. The molecule has 0 radical (unpaired) electrons. The molecule has 3 N–H and O–H groups in total. The summed E-state index contributed by atoms with van der Waals surface area (Å²) in [6, 6.07) is 7.11. The number of hydrogen-bond acceptors (Lipinski definition) is 5. The second-order valence-electron chi connectivity index (χ2n) is 5.38. The van der Waals surface area contributed by atoms with E-state index in [-0.39, 0.29) is 24.3 Å². The molecule has 1 aromatic carbocycles. The minimum atomic E-state index is -1.01. The summed E-state index contributed by atoms with van der Waals surface area (Å²) in [5, 5.41) is 24.3. The fraction of sp³-hybridized carbons (Fsp3) is 0.188. The number of rotatable bonds is 7. The van der Waals surface area contributed by atoms with Gasteiger partial charge in [0.15, 0.2) is 0 Å². The van der Waals surface area contributed by atoms with Crippen molar-refractivity contribution < 1.29 is 24.4 Å². The van der Waals surface area contributed by atoms with Crippen molar-refractivity contribution in [2.45, 2.75) is 6.42 Å². The molecule has 0 saturated heterocycles. The largest absolute Gasteiger partial charge is 0.481 e. The predicted octanol–water partition coefficient (Wildman–Crippen LogP) is 1.39. The zero-order chi connectivity index (χ0) is 19.3. The maximum absolute atomic E-state index is 12.2. The van der Waals surface area contributed by atoms with Gasteiger partial charge in [-0.25, -0.2) is 0 Å². The van der Waals surface area contributed by atoms with Crippen LogP contribution in [-0.2, 0) is 11.8 Å². The second-order valence-corrected chi connectivity index (χ2v) is 5.38. The van der Waals surface area contributed by atoms with Gasteiger partial charge in [0.2, 0.25) is 0 Å². The fourth-order valence-corrected chi connectivity index (χ4v) is 2.16. The number of aliphatic carboxylic acids is 1. The lowest BCUT2D eigenvalue weighted by molar-refractivity contribution is -0.384. The summed E-state index contributed by atoms with van der Waals surface area (Å²) in [5.74, 6) is -1.97. The van der Waals surface area contributed by atoms with Crippen molar-refractivity contribution in [3.05, 3.63) is 57.9 Å². The molecule has 1 heterocycles. The molecule has 0 aliphatic carbocycles. The van der Waals surface area contributed by atoms with E-state index in [9.17, 15) is 24.5 Å². The molecular weight excluding hydrogens is 344 g/mol. The Labute approximate surface area is 147 Å². The molecule has 0 unspecified atom stereocenters. The predicted molar refractivity (Wildman–Crippen MR) is 91.0 cm³/mol. The molecule has 1 aromatic heterocycles. The molecular formula is C16H16N4O6. The second kappa shape index (κ2) is 7.92. The smallest absolute Gasteiger partial charge is 0.305 e. The van der Waals surface area contributed by atoms with Gasteiger partial charge in [-0.05, 0) is 24.3 Å². The summed E-state index contributed by atoms with van der Waals surface area (Å²) >= 11 is 0. The molecule has 0 bridgehead atoms. The monoisotopic (exact) mass is 360 g/mol. The molecule has 0 aliphatic rings. The number of carbonyl (C=O) groups is 3. The van der Waals surface area contributed by atoms with Gasteiger partial charge < -0.3 is 20.3 Å². The van der Waals surface area contributed by atoms with Gasteiger partial charge in [0.1, 0.15) is 5.69 Å². The molecule has 2 aromatic rings. The van der Waals surface area contributed by atoms with Crippen molar-refractivity contribution >= 4 is 29.2 Å². The third kappa shape index (κ3) is 4.66. The van der Waals surface area contributed by atoms with E-state index in [1.807, 2.05) is 0 Å². The molecule has 2 amide bonds. The molecule has 0 fully saturated rings. The molecule has 10 nitrogen and oxygen atoms in total. The van der Waals surface area contributed by atoms with Crippen LogP contribution in [0, 0.1) is 10.1 Å². The highest BCUT2D eigenvalue weighted by molar-refractivity contribution is 6.04. The molecule has 136 valence electrons. The number of aryl methyl sites for hydroxylation is 1. The van der Waals surface area contributed by atoms with Gasteiger partial charge in [-0.1, -0.05) is 0 Å². The maximum Gasteiger partial charge on any atom is 0.305 e. The van der Waals surface area contributed by atoms with E-state index in [0.29, 0.717) is 11.3 Å². The number of carboxylic acid groups (broad SMARTS) is 1. The Balaban J connectivity index is 2.00. The molecule has 0 atom stereocenters. The summed E-state index contributed by atoms with van der Waals surface area (Å²) in [5.41, 5.74) is 0.641. The van der Waals surface area contributed by atoms with E-state index in [1.54, 1.807) is 0 Å². The summed E-state index contributed by atoms with van der Waals surface area (Å²) < 4.78 is 1.34. The van der Waals surface area contributed by atoms with Crippen LogP contribution >= 0.6 is 0 Å². The van der Waals surface area contributed by atoms with E-state index in [4.69, 9.17) is 5.11 Å². The van der Waals surface area contributed by atoms with Crippen molar-refractivity contribution in [1.29, 1.82) is 0 Å². The van der Waals surface area contributed by atoms with Crippen molar-refractivity contribution in [3.8, 4) is 0 Å².